The largest absolute Gasteiger partial charge is 0.461 e. The molecule has 3 fully saturated rings. The van der Waals surface area contributed by atoms with Crippen molar-refractivity contribution in [3.63, 3.8) is 0 Å². The number of benzene rings is 2. The van der Waals surface area contributed by atoms with Crippen molar-refractivity contribution in [2.24, 2.45) is 17.8 Å². The fourth-order valence-corrected chi connectivity index (χ4v) is 8.70. The van der Waals surface area contributed by atoms with Gasteiger partial charge in [0.25, 0.3) is 0 Å². The van der Waals surface area contributed by atoms with Crippen molar-refractivity contribution in [2.75, 3.05) is 5.75 Å². The molecule has 0 bridgehead atoms. The molecule has 2 saturated heterocycles. The lowest BCUT2D eigenvalue weighted by molar-refractivity contribution is -0.156. The third-order valence-electron chi connectivity index (χ3n) is 9.59. The number of carbonyl (C=O) groups excluding carboxylic acids is 3. The summed E-state index contributed by atoms with van der Waals surface area (Å²) in [6.45, 7) is 6.74. The van der Waals surface area contributed by atoms with Crippen LogP contribution in [0, 0.1) is 17.8 Å². The number of nitrogens with zero attached hydrogens (tertiary/aromatic N) is 2. The van der Waals surface area contributed by atoms with E-state index < -0.39 is 0 Å². The van der Waals surface area contributed by atoms with Gasteiger partial charge in [-0.05, 0) is 79.8 Å². The summed E-state index contributed by atoms with van der Waals surface area (Å²) in [5.74, 6) is 2.97. The maximum absolute atomic E-state index is 13.4. The molecule has 0 spiro atoms. The molecule has 1 saturated carbocycles. The Morgan fingerprint density at radius 2 is 1.84 bits per heavy atom. The van der Waals surface area contributed by atoms with Crippen LogP contribution in [0.1, 0.15) is 65.7 Å². The molecule has 2 aliphatic heterocycles. The Kier molecular flexibility index (Phi) is 9.68. The van der Waals surface area contributed by atoms with E-state index >= 15 is 0 Å². The Morgan fingerprint density at radius 3 is 2.64 bits per heavy atom. The molecule has 2 N–H and O–H groups in total. The van der Waals surface area contributed by atoms with Crippen LogP contribution in [-0.2, 0) is 20.9 Å². The number of rotatable bonds is 11. The predicted molar refractivity (Wildman–Crippen MR) is 176 cm³/mol. The number of urea groups is 1. The number of amides is 2. The number of imidazole rings is 1. The van der Waals surface area contributed by atoms with Crippen molar-refractivity contribution in [2.45, 2.75) is 95.7 Å². The number of ether oxygens (including phenoxy) is 2. The monoisotopic (exact) mass is 632 g/mol. The van der Waals surface area contributed by atoms with Crippen molar-refractivity contribution in [3.05, 3.63) is 48.5 Å². The average Bonchev–Trinajstić information content (AvgIpc) is 3.68. The van der Waals surface area contributed by atoms with Crippen LogP contribution in [0.15, 0.2) is 48.5 Å². The summed E-state index contributed by atoms with van der Waals surface area (Å²) in [4.78, 5) is 42.4. The zero-order valence-corrected chi connectivity index (χ0v) is 27.2. The number of carbonyl (C=O) groups is 3. The average molecular weight is 633 g/mol. The molecule has 2 aromatic carbocycles. The highest BCUT2D eigenvalue weighted by atomic mass is 32.2. The van der Waals surface area contributed by atoms with Crippen LogP contribution in [0.3, 0.4) is 0 Å². The minimum atomic E-state index is -0.262. The van der Waals surface area contributed by atoms with E-state index in [1.165, 1.54) is 6.42 Å². The van der Waals surface area contributed by atoms with Gasteiger partial charge in [0.05, 0.1) is 23.1 Å². The number of unbranched alkanes of at least 4 members (excludes halogenated alkanes) is 1. The van der Waals surface area contributed by atoms with E-state index in [1.54, 1.807) is 12.1 Å². The summed E-state index contributed by atoms with van der Waals surface area (Å²) in [6, 6.07) is 15.4. The number of para-hydroxylation sites is 2. The van der Waals surface area contributed by atoms with Crippen LogP contribution in [0.5, 0.6) is 5.75 Å². The van der Waals surface area contributed by atoms with Gasteiger partial charge in [0.1, 0.15) is 24.2 Å². The molecule has 240 valence electrons. The SMILES string of the molecule is CC(C)C1CC[C@@H](C)C[C@H]1OC(=O)Cn1c(-c2ccc(OC(=O)CCCCC3SC[C@@H]4NC(=O)NC34)cc2)nc2ccccc21. The standard InChI is InChI=1S/C35H44N4O5S/c1-21(2)25-17-12-22(3)18-29(25)44-32(41)19-39-28-9-5-4-8-26(28)36-34(39)23-13-15-24(16-14-23)43-31(40)11-7-6-10-30-33-27(20-45-30)37-35(42)38-33/h4-5,8-9,13-16,21-22,25,27,29-30,33H,6-7,10-12,17-20H2,1-3H3,(H2,37,38,42)/t22-,25?,27+,29-,30?,33?/m1/s1. The minimum absolute atomic E-state index is 0.0605. The van der Waals surface area contributed by atoms with E-state index in [2.05, 4.69) is 31.4 Å². The van der Waals surface area contributed by atoms with E-state index in [0.29, 0.717) is 41.0 Å². The third-order valence-corrected chi connectivity index (χ3v) is 11.1. The Labute approximate surface area is 269 Å². The van der Waals surface area contributed by atoms with Crippen molar-refractivity contribution in [1.29, 1.82) is 0 Å². The quantitative estimate of drug-likeness (QED) is 0.110. The number of fused-ring (bicyclic) bond motifs is 2. The zero-order chi connectivity index (χ0) is 31.5. The molecule has 6 rings (SSSR count). The topological polar surface area (TPSA) is 112 Å². The highest BCUT2D eigenvalue weighted by Crippen LogP contribution is 2.36. The Bertz CT molecular complexity index is 1520. The van der Waals surface area contributed by atoms with Crippen molar-refractivity contribution in [1.82, 2.24) is 20.2 Å². The first-order valence-electron chi connectivity index (χ1n) is 16.4. The van der Waals surface area contributed by atoms with Crippen molar-refractivity contribution < 1.29 is 23.9 Å². The maximum Gasteiger partial charge on any atom is 0.326 e. The Balaban J connectivity index is 1.06. The second-order valence-electron chi connectivity index (χ2n) is 13.2. The van der Waals surface area contributed by atoms with Crippen LogP contribution >= 0.6 is 11.8 Å². The van der Waals surface area contributed by atoms with E-state index in [1.807, 2.05) is 52.7 Å². The Hall–Kier alpha value is -3.53. The zero-order valence-electron chi connectivity index (χ0n) is 26.4. The molecule has 3 unspecified atom stereocenters. The van der Waals surface area contributed by atoms with Crippen LogP contribution in [0.4, 0.5) is 4.79 Å². The lowest BCUT2D eigenvalue weighted by atomic mass is 9.75. The lowest BCUT2D eigenvalue weighted by Gasteiger charge is -2.36. The third kappa shape index (κ3) is 7.32. The molecular weight excluding hydrogens is 588 g/mol. The fourth-order valence-electron chi connectivity index (χ4n) is 7.15. The molecule has 0 radical (unpaired) electrons. The van der Waals surface area contributed by atoms with Crippen LogP contribution in [-0.4, -0.2) is 56.7 Å². The highest BCUT2D eigenvalue weighted by molar-refractivity contribution is 8.00. The van der Waals surface area contributed by atoms with Gasteiger partial charge in [-0.3, -0.25) is 9.59 Å². The smallest absolute Gasteiger partial charge is 0.326 e. The molecule has 45 heavy (non-hydrogen) atoms. The summed E-state index contributed by atoms with van der Waals surface area (Å²) >= 11 is 1.89. The Morgan fingerprint density at radius 1 is 1.04 bits per heavy atom. The molecule has 2 amide bonds. The molecule has 3 aliphatic rings. The molecular formula is C35H44N4O5S. The fraction of sp³-hybridized carbons (Fsp3) is 0.543. The minimum Gasteiger partial charge on any atom is -0.461 e. The number of hydrogen-bond acceptors (Lipinski definition) is 7. The molecule has 1 aromatic heterocycles. The first-order chi connectivity index (χ1) is 21.7. The van der Waals surface area contributed by atoms with E-state index in [9.17, 15) is 14.4 Å². The normalized spacial score (nSPS) is 26.0. The molecule has 3 heterocycles. The van der Waals surface area contributed by atoms with Gasteiger partial charge in [0.15, 0.2) is 0 Å². The van der Waals surface area contributed by atoms with E-state index in [4.69, 9.17) is 14.5 Å². The number of esters is 2. The van der Waals surface area contributed by atoms with Gasteiger partial charge in [0.2, 0.25) is 0 Å². The molecule has 9 nitrogen and oxygen atoms in total. The maximum atomic E-state index is 13.4. The molecule has 10 heteroatoms. The van der Waals surface area contributed by atoms with Crippen LogP contribution in [0.25, 0.3) is 22.4 Å². The first-order valence-corrected chi connectivity index (χ1v) is 17.4. The summed E-state index contributed by atoms with van der Waals surface area (Å²) in [6.07, 6.45) is 6.06. The number of thioether (sulfide) groups is 1. The van der Waals surface area contributed by atoms with Gasteiger partial charge in [-0.25, -0.2) is 9.78 Å². The van der Waals surface area contributed by atoms with Gasteiger partial charge in [-0.15, -0.1) is 0 Å². The van der Waals surface area contributed by atoms with Gasteiger partial charge in [-0.2, -0.15) is 11.8 Å². The van der Waals surface area contributed by atoms with Crippen LogP contribution < -0.4 is 15.4 Å². The van der Waals surface area contributed by atoms with Gasteiger partial charge in [0, 0.05) is 23.0 Å². The van der Waals surface area contributed by atoms with E-state index in [-0.39, 0.29) is 42.7 Å². The predicted octanol–water partition coefficient (Wildman–Crippen LogP) is 6.34. The van der Waals surface area contributed by atoms with Gasteiger partial charge in [-0.1, -0.05) is 45.7 Å². The second-order valence-corrected chi connectivity index (χ2v) is 14.5. The lowest BCUT2D eigenvalue weighted by Crippen LogP contribution is -2.36. The number of aromatic nitrogens is 2. The number of nitrogens with one attached hydrogen (secondary N) is 2. The molecule has 6 atom stereocenters. The van der Waals surface area contributed by atoms with Crippen molar-refractivity contribution in [3.8, 4) is 17.1 Å². The molecule has 3 aromatic rings. The second kappa shape index (κ2) is 13.8. The van der Waals surface area contributed by atoms with Crippen molar-refractivity contribution >= 4 is 40.8 Å². The summed E-state index contributed by atoms with van der Waals surface area (Å²) in [7, 11) is 0. The van der Waals surface area contributed by atoms with Gasteiger partial charge < -0.3 is 24.7 Å². The molecule has 1 aliphatic carbocycles. The van der Waals surface area contributed by atoms with E-state index in [0.717, 1.165) is 54.5 Å². The first kappa shape index (κ1) is 31.5. The summed E-state index contributed by atoms with van der Waals surface area (Å²) in [5, 5.41) is 6.37. The van der Waals surface area contributed by atoms with Gasteiger partial charge >= 0.3 is 18.0 Å². The van der Waals surface area contributed by atoms with Crippen LogP contribution in [0.2, 0.25) is 0 Å². The number of hydrogen-bond donors (Lipinski definition) is 2. The summed E-state index contributed by atoms with van der Waals surface area (Å²) < 4.78 is 13.7. The highest BCUT2D eigenvalue weighted by Gasteiger charge is 2.42. The summed E-state index contributed by atoms with van der Waals surface area (Å²) in [5.41, 5.74) is 2.50.